The fraction of sp³-hybridized carbons (Fsp3) is 0.444. The highest BCUT2D eigenvalue weighted by atomic mass is 16.4. The summed E-state index contributed by atoms with van der Waals surface area (Å²) in [6.07, 6.45) is 0.235. The number of carbonyl (C=O) groups is 3. The molecule has 0 rings (SSSR count). The van der Waals surface area contributed by atoms with E-state index in [0.29, 0.717) is 0 Å². The fourth-order valence-electron chi connectivity index (χ4n) is 0.816. The smallest absolute Gasteiger partial charge is 0.320 e. The summed E-state index contributed by atoms with van der Waals surface area (Å²) in [5.74, 6) is -2.39. The molecule has 0 aromatic heterocycles. The molecular formula is C9H13NO4. The van der Waals surface area contributed by atoms with E-state index >= 15 is 0 Å². The first-order valence-corrected chi connectivity index (χ1v) is 4.07. The van der Waals surface area contributed by atoms with Crippen LogP contribution < -0.4 is 5.73 Å². The number of aliphatic carboxylic acids is 1. The SMILES string of the molecule is C=C(CCC(N)C(=O)O)C(=O)C(C)=O. The average molecular weight is 199 g/mol. The van der Waals surface area contributed by atoms with Gasteiger partial charge in [0.05, 0.1) is 0 Å². The van der Waals surface area contributed by atoms with Gasteiger partial charge in [0.15, 0.2) is 5.78 Å². The van der Waals surface area contributed by atoms with E-state index in [1.165, 1.54) is 0 Å². The first-order chi connectivity index (χ1) is 6.36. The zero-order valence-corrected chi connectivity index (χ0v) is 7.95. The van der Waals surface area contributed by atoms with Gasteiger partial charge in [-0.1, -0.05) is 6.58 Å². The van der Waals surface area contributed by atoms with Crippen molar-refractivity contribution in [3.8, 4) is 0 Å². The van der Waals surface area contributed by atoms with Crippen LogP contribution in [0.3, 0.4) is 0 Å². The molecule has 5 heteroatoms. The molecule has 1 atom stereocenters. The number of hydrogen-bond donors (Lipinski definition) is 2. The van der Waals surface area contributed by atoms with E-state index in [1.807, 2.05) is 0 Å². The molecule has 0 heterocycles. The van der Waals surface area contributed by atoms with Gasteiger partial charge in [0.1, 0.15) is 6.04 Å². The fourth-order valence-corrected chi connectivity index (χ4v) is 0.816. The van der Waals surface area contributed by atoms with E-state index in [0.717, 1.165) is 6.92 Å². The van der Waals surface area contributed by atoms with Gasteiger partial charge < -0.3 is 10.8 Å². The lowest BCUT2D eigenvalue weighted by atomic mass is 10.0. The highest BCUT2D eigenvalue weighted by Gasteiger charge is 2.16. The van der Waals surface area contributed by atoms with Gasteiger partial charge >= 0.3 is 5.97 Å². The van der Waals surface area contributed by atoms with Crippen LogP contribution in [-0.2, 0) is 14.4 Å². The highest BCUT2D eigenvalue weighted by Crippen LogP contribution is 2.06. The van der Waals surface area contributed by atoms with Crippen LogP contribution in [0.5, 0.6) is 0 Å². The van der Waals surface area contributed by atoms with Crippen LogP contribution in [0.15, 0.2) is 12.2 Å². The first kappa shape index (κ1) is 12.5. The van der Waals surface area contributed by atoms with Crippen LogP contribution in [0, 0.1) is 0 Å². The topological polar surface area (TPSA) is 97.5 Å². The lowest BCUT2D eigenvalue weighted by molar-refractivity contribution is -0.138. The third kappa shape index (κ3) is 3.95. The Balaban J connectivity index is 4.04. The Morgan fingerprint density at radius 3 is 2.29 bits per heavy atom. The second-order valence-corrected chi connectivity index (χ2v) is 2.97. The summed E-state index contributed by atoms with van der Waals surface area (Å²) in [6, 6.07) is -1.02. The van der Waals surface area contributed by atoms with E-state index < -0.39 is 23.6 Å². The summed E-state index contributed by atoms with van der Waals surface area (Å²) in [6.45, 7) is 4.53. The third-order valence-corrected chi connectivity index (χ3v) is 1.72. The van der Waals surface area contributed by atoms with Gasteiger partial charge in [-0.3, -0.25) is 14.4 Å². The molecule has 0 aliphatic heterocycles. The van der Waals surface area contributed by atoms with Crippen molar-refractivity contribution in [2.24, 2.45) is 5.73 Å². The van der Waals surface area contributed by atoms with Crippen molar-refractivity contribution in [2.45, 2.75) is 25.8 Å². The average Bonchev–Trinajstić information content (AvgIpc) is 2.11. The van der Waals surface area contributed by atoms with Gasteiger partial charge in [-0.05, 0) is 18.4 Å². The number of rotatable bonds is 6. The Morgan fingerprint density at radius 1 is 1.43 bits per heavy atom. The summed E-state index contributed by atoms with van der Waals surface area (Å²) in [4.78, 5) is 31.9. The van der Waals surface area contributed by atoms with Crippen molar-refractivity contribution in [3.05, 3.63) is 12.2 Å². The molecule has 0 aliphatic carbocycles. The van der Waals surface area contributed by atoms with Crippen molar-refractivity contribution in [3.63, 3.8) is 0 Å². The third-order valence-electron chi connectivity index (χ3n) is 1.72. The monoisotopic (exact) mass is 199 g/mol. The zero-order chi connectivity index (χ0) is 11.3. The molecule has 1 unspecified atom stereocenters. The summed E-state index contributed by atoms with van der Waals surface area (Å²) in [7, 11) is 0. The van der Waals surface area contributed by atoms with Crippen molar-refractivity contribution in [2.75, 3.05) is 0 Å². The minimum absolute atomic E-state index is 0.104. The maximum absolute atomic E-state index is 11.0. The maximum Gasteiger partial charge on any atom is 0.320 e. The number of carbonyl (C=O) groups excluding carboxylic acids is 2. The second-order valence-electron chi connectivity index (χ2n) is 2.97. The van der Waals surface area contributed by atoms with Gasteiger partial charge in [0.2, 0.25) is 5.78 Å². The molecule has 0 bridgehead atoms. The molecular weight excluding hydrogens is 186 g/mol. The minimum Gasteiger partial charge on any atom is -0.480 e. The van der Waals surface area contributed by atoms with Crippen LogP contribution in [-0.4, -0.2) is 28.7 Å². The number of hydrogen-bond acceptors (Lipinski definition) is 4. The molecule has 0 aromatic rings. The van der Waals surface area contributed by atoms with Gasteiger partial charge in [-0.15, -0.1) is 0 Å². The summed E-state index contributed by atoms with van der Waals surface area (Å²) >= 11 is 0. The molecule has 0 fully saturated rings. The summed E-state index contributed by atoms with van der Waals surface area (Å²) in [5.41, 5.74) is 5.31. The molecule has 14 heavy (non-hydrogen) atoms. The zero-order valence-electron chi connectivity index (χ0n) is 7.95. The first-order valence-electron chi connectivity index (χ1n) is 4.07. The quantitative estimate of drug-likeness (QED) is 0.459. The standard InChI is InChI=1S/C9H13NO4/c1-5(8(12)6(2)11)3-4-7(10)9(13)14/h7H,1,3-4,10H2,2H3,(H,13,14). The van der Waals surface area contributed by atoms with Gasteiger partial charge in [0.25, 0.3) is 0 Å². The van der Waals surface area contributed by atoms with Crippen LogP contribution in [0.25, 0.3) is 0 Å². The second kappa shape index (κ2) is 5.29. The number of allylic oxidation sites excluding steroid dienone is 1. The Morgan fingerprint density at radius 2 is 1.93 bits per heavy atom. The van der Waals surface area contributed by atoms with Crippen LogP contribution in [0.1, 0.15) is 19.8 Å². The van der Waals surface area contributed by atoms with Crippen molar-refractivity contribution in [1.82, 2.24) is 0 Å². The van der Waals surface area contributed by atoms with Crippen molar-refractivity contribution >= 4 is 17.5 Å². The normalized spacial score (nSPS) is 11.9. The van der Waals surface area contributed by atoms with Crippen molar-refractivity contribution < 1.29 is 19.5 Å². The number of nitrogens with two attached hydrogens (primary N) is 1. The molecule has 0 radical (unpaired) electrons. The molecule has 3 N–H and O–H groups in total. The maximum atomic E-state index is 11.0. The van der Waals surface area contributed by atoms with Crippen LogP contribution >= 0.6 is 0 Å². The number of carboxylic acids is 1. The predicted octanol–water partition coefficient (Wildman–Crippen LogP) is -0.107. The van der Waals surface area contributed by atoms with Gasteiger partial charge in [-0.2, -0.15) is 0 Å². The minimum atomic E-state index is -1.13. The van der Waals surface area contributed by atoms with E-state index in [1.54, 1.807) is 0 Å². The van der Waals surface area contributed by atoms with Crippen molar-refractivity contribution in [1.29, 1.82) is 0 Å². The molecule has 0 saturated heterocycles. The lowest BCUT2D eigenvalue weighted by Gasteiger charge is -2.06. The molecule has 0 aliphatic rings. The summed E-state index contributed by atoms with van der Waals surface area (Å²) in [5, 5.41) is 8.44. The Kier molecular flexibility index (Phi) is 4.72. The lowest BCUT2D eigenvalue weighted by Crippen LogP contribution is -2.30. The van der Waals surface area contributed by atoms with Gasteiger partial charge in [0, 0.05) is 6.92 Å². The Labute approximate surface area is 81.6 Å². The van der Waals surface area contributed by atoms with Crippen LogP contribution in [0.2, 0.25) is 0 Å². The van der Waals surface area contributed by atoms with E-state index in [4.69, 9.17) is 10.8 Å². The molecule has 0 amide bonds. The summed E-state index contributed by atoms with van der Waals surface area (Å²) < 4.78 is 0. The molecule has 0 spiro atoms. The van der Waals surface area contributed by atoms with Gasteiger partial charge in [-0.25, -0.2) is 0 Å². The molecule has 5 nitrogen and oxygen atoms in total. The number of Topliss-reactive ketones (excluding diaryl/α,β-unsaturated/α-hetero) is 2. The van der Waals surface area contributed by atoms with E-state index in [2.05, 4.69) is 6.58 Å². The molecule has 0 aromatic carbocycles. The van der Waals surface area contributed by atoms with Crippen LogP contribution in [0.4, 0.5) is 0 Å². The largest absolute Gasteiger partial charge is 0.480 e. The molecule has 78 valence electrons. The van der Waals surface area contributed by atoms with E-state index in [9.17, 15) is 14.4 Å². The predicted molar refractivity (Wildman–Crippen MR) is 49.7 cm³/mol. The Bertz CT molecular complexity index is 283. The number of ketones is 2. The number of carboxylic acid groups (broad SMARTS) is 1. The van der Waals surface area contributed by atoms with E-state index in [-0.39, 0.29) is 18.4 Å². The molecule has 0 saturated carbocycles. The highest BCUT2D eigenvalue weighted by molar-refractivity contribution is 6.42. The Hall–Kier alpha value is -1.49.